The predicted molar refractivity (Wildman–Crippen MR) is 116 cm³/mol. The van der Waals surface area contributed by atoms with E-state index in [4.69, 9.17) is 9.72 Å². The second-order valence-corrected chi connectivity index (χ2v) is 9.00. The number of ether oxygens (including phenoxy) is 1. The van der Waals surface area contributed by atoms with Gasteiger partial charge in [-0.05, 0) is 43.0 Å². The van der Waals surface area contributed by atoms with Crippen molar-refractivity contribution < 1.29 is 4.74 Å². The smallest absolute Gasteiger partial charge is 0.121 e. The maximum Gasteiger partial charge on any atom is 0.121 e. The summed E-state index contributed by atoms with van der Waals surface area (Å²) in [5, 5.41) is 10.7. The minimum Gasteiger partial charge on any atom is -0.493 e. The molecular formula is C23H24N4OS. The molecule has 1 aromatic heterocycles. The number of fused-ring (bicyclic) bond motifs is 1. The topological polar surface area (TPSA) is 52.4 Å². The van der Waals surface area contributed by atoms with Gasteiger partial charge < -0.3 is 9.64 Å². The van der Waals surface area contributed by atoms with E-state index in [1.54, 1.807) is 11.3 Å². The van der Waals surface area contributed by atoms with Gasteiger partial charge in [0, 0.05) is 32.2 Å². The third kappa shape index (κ3) is 4.21. The highest BCUT2D eigenvalue weighted by atomic mass is 32.1. The third-order valence-corrected chi connectivity index (χ3v) is 6.70. The van der Waals surface area contributed by atoms with Crippen LogP contribution < -0.4 is 9.64 Å². The average molecular weight is 405 g/mol. The Morgan fingerprint density at radius 1 is 1.10 bits per heavy atom. The summed E-state index contributed by atoms with van der Waals surface area (Å²) < 4.78 is 7.19. The van der Waals surface area contributed by atoms with Crippen LogP contribution in [0.1, 0.15) is 23.4 Å². The Kier molecular flexibility index (Phi) is 5.09. The van der Waals surface area contributed by atoms with Crippen molar-refractivity contribution in [2.75, 3.05) is 37.7 Å². The van der Waals surface area contributed by atoms with Crippen molar-refractivity contribution in [3.8, 4) is 11.8 Å². The molecule has 29 heavy (non-hydrogen) atoms. The Morgan fingerprint density at radius 3 is 2.69 bits per heavy atom. The molecule has 5 nitrogen and oxygen atoms in total. The lowest BCUT2D eigenvalue weighted by molar-refractivity contribution is 0.249. The van der Waals surface area contributed by atoms with Gasteiger partial charge in [-0.25, -0.2) is 4.98 Å². The van der Waals surface area contributed by atoms with Gasteiger partial charge in [-0.2, -0.15) is 5.26 Å². The van der Waals surface area contributed by atoms with Gasteiger partial charge in [0.05, 0.1) is 34.6 Å². The molecule has 5 rings (SSSR count). The van der Waals surface area contributed by atoms with Gasteiger partial charge >= 0.3 is 0 Å². The molecule has 2 heterocycles. The van der Waals surface area contributed by atoms with E-state index in [9.17, 15) is 5.26 Å². The van der Waals surface area contributed by atoms with Crippen molar-refractivity contribution in [3.63, 3.8) is 0 Å². The number of piperazine rings is 1. The van der Waals surface area contributed by atoms with Crippen LogP contribution in [-0.4, -0.2) is 42.7 Å². The van der Waals surface area contributed by atoms with E-state index >= 15 is 0 Å². The fourth-order valence-corrected chi connectivity index (χ4v) is 4.79. The van der Waals surface area contributed by atoms with Crippen LogP contribution in [0.2, 0.25) is 0 Å². The van der Waals surface area contributed by atoms with E-state index in [0.29, 0.717) is 0 Å². The number of anilines is 1. The van der Waals surface area contributed by atoms with Crippen molar-refractivity contribution in [2.24, 2.45) is 5.92 Å². The van der Waals surface area contributed by atoms with Gasteiger partial charge in [-0.15, -0.1) is 11.3 Å². The van der Waals surface area contributed by atoms with Crippen LogP contribution in [0, 0.1) is 17.2 Å². The fourth-order valence-electron chi connectivity index (χ4n) is 3.78. The van der Waals surface area contributed by atoms with Crippen LogP contribution in [0.25, 0.3) is 10.2 Å². The molecule has 6 heteroatoms. The Balaban J connectivity index is 1.23. The summed E-state index contributed by atoms with van der Waals surface area (Å²) in [6, 6.07) is 16.5. The lowest BCUT2D eigenvalue weighted by Crippen LogP contribution is -2.46. The predicted octanol–water partition coefficient (Wildman–Crippen LogP) is 4.28. The second-order valence-electron chi connectivity index (χ2n) is 7.88. The van der Waals surface area contributed by atoms with Crippen LogP contribution >= 0.6 is 11.3 Å². The van der Waals surface area contributed by atoms with Crippen LogP contribution in [0.15, 0.2) is 42.5 Å². The summed E-state index contributed by atoms with van der Waals surface area (Å²) in [4.78, 5) is 9.54. The number of para-hydroxylation sites is 1. The number of thiazole rings is 1. The fraction of sp³-hybridized carbons (Fsp3) is 0.391. The van der Waals surface area contributed by atoms with E-state index in [0.717, 1.165) is 67.8 Å². The summed E-state index contributed by atoms with van der Waals surface area (Å²) in [6.07, 6.45) is 2.56. The minimum atomic E-state index is 0.722. The van der Waals surface area contributed by atoms with Crippen molar-refractivity contribution in [1.82, 2.24) is 9.88 Å². The zero-order valence-corrected chi connectivity index (χ0v) is 17.2. The van der Waals surface area contributed by atoms with Gasteiger partial charge in [0.15, 0.2) is 0 Å². The van der Waals surface area contributed by atoms with E-state index in [1.165, 1.54) is 22.5 Å². The Bertz CT molecular complexity index is 1010. The molecule has 1 aliphatic carbocycles. The molecule has 0 N–H and O–H groups in total. The van der Waals surface area contributed by atoms with Crippen LogP contribution in [-0.2, 0) is 6.54 Å². The zero-order valence-electron chi connectivity index (χ0n) is 16.4. The van der Waals surface area contributed by atoms with Crippen molar-refractivity contribution >= 4 is 27.2 Å². The lowest BCUT2D eigenvalue weighted by atomic mass is 10.1. The summed E-state index contributed by atoms with van der Waals surface area (Å²) >= 11 is 1.78. The summed E-state index contributed by atoms with van der Waals surface area (Å²) in [5.74, 6) is 1.60. The average Bonchev–Trinajstić information content (AvgIpc) is 3.50. The Labute approximate surface area is 175 Å². The molecule has 1 saturated heterocycles. The monoisotopic (exact) mass is 404 g/mol. The quantitative estimate of drug-likeness (QED) is 0.614. The number of nitrogens with zero attached hydrogens (tertiary/aromatic N) is 4. The molecule has 0 bridgehead atoms. The first-order valence-electron chi connectivity index (χ1n) is 10.3. The number of nitriles is 1. The number of rotatable bonds is 6. The molecule has 0 spiro atoms. The number of aromatic nitrogens is 1. The highest BCUT2D eigenvalue weighted by molar-refractivity contribution is 7.18. The molecule has 2 fully saturated rings. The third-order valence-electron chi connectivity index (χ3n) is 5.68. The Hall–Kier alpha value is -2.62. The van der Waals surface area contributed by atoms with E-state index in [1.807, 2.05) is 24.3 Å². The molecule has 2 aromatic carbocycles. The highest BCUT2D eigenvalue weighted by Gasteiger charge is 2.23. The molecule has 0 unspecified atom stereocenters. The molecular weight excluding hydrogens is 380 g/mol. The summed E-state index contributed by atoms with van der Waals surface area (Å²) in [5.41, 5.74) is 2.82. The Morgan fingerprint density at radius 2 is 1.93 bits per heavy atom. The molecule has 0 amide bonds. The normalized spacial score (nSPS) is 17.4. The standard InChI is InChI=1S/C23H24N4OS/c24-14-18-7-8-19(28-16-17-5-6-17)13-21(18)27-11-9-26(10-12-27)15-23-25-20-3-1-2-4-22(20)29-23/h1-4,7-8,13,17H,5-6,9-12,15-16H2. The van der Waals surface area contributed by atoms with Crippen molar-refractivity contribution in [1.29, 1.82) is 5.26 Å². The van der Waals surface area contributed by atoms with Crippen LogP contribution in [0.5, 0.6) is 5.75 Å². The maximum absolute atomic E-state index is 9.55. The van der Waals surface area contributed by atoms with Gasteiger partial charge in [0.25, 0.3) is 0 Å². The van der Waals surface area contributed by atoms with E-state index in [-0.39, 0.29) is 0 Å². The molecule has 148 valence electrons. The SMILES string of the molecule is N#Cc1ccc(OCC2CC2)cc1N1CCN(Cc2nc3ccccc3s2)CC1. The molecule has 1 saturated carbocycles. The first-order valence-corrected chi connectivity index (χ1v) is 11.1. The lowest BCUT2D eigenvalue weighted by Gasteiger charge is -2.36. The van der Waals surface area contributed by atoms with Gasteiger partial charge in [-0.3, -0.25) is 4.90 Å². The number of benzene rings is 2. The molecule has 1 aliphatic heterocycles. The maximum atomic E-state index is 9.55. The first-order chi connectivity index (χ1) is 14.3. The van der Waals surface area contributed by atoms with E-state index < -0.39 is 0 Å². The molecule has 2 aliphatic rings. The summed E-state index contributed by atoms with van der Waals surface area (Å²) in [6.45, 7) is 5.43. The molecule has 0 atom stereocenters. The van der Waals surface area contributed by atoms with Crippen molar-refractivity contribution in [3.05, 3.63) is 53.0 Å². The highest BCUT2D eigenvalue weighted by Crippen LogP contribution is 2.32. The minimum absolute atomic E-state index is 0.722. The number of hydrogen-bond donors (Lipinski definition) is 0. The molecule has 0 radical (unpaired) electrons. The van der Waals surface area contributed by atoms with Crippen molar-refractivity contribution in [2.45, 2.75) is 19.4 Å². The first kappa shape index (κ1) is 18.4. The van der Waals surface area contributed by atoms with Gasteiger partial charge in [0.1, 0.15) is 16.8 Å². The number of hydrogen-bond acceptors (Lipinski definition) is 6. The van der Waals surface area contributed by atoms with Crippen LogP contribution in [0.4, 0.5) is 5.69 Å². The zero-order chi connectivity index (χ0) is 19.6. The van der Waals surface area contributed by atoms with E-state index in [2.05, 4.69) is 34.1 Å². The largest absolute Gasteiger partial charge is 0.493 e. The second kappa shape index (κ2) is 8.02. The van der Waals surface area contributed by atoms with Gasteiger partial charge in [0.2, 0.25) is 0 Å². The van der Waals surface area contributed by atoms with Gasteiger partial charge in [-0.1, -0.05) is 12.1 Å². The summed E-state index contributed by atoms with van der Waals surface area (Å²) in [7, 11) is 0. The van der Waals surface area contributed by atoms with Crippen LogP contribution in [0.3, 0.4) is 0 Å². The molecule has 3 aromatic rings.